The maximum Gasteiger partial charge on any atom is 0.178 e. The first kappa shape index (κ1) is 13.4. The van der Waals surface area contributed by atoms with E-state index in [1.54, 1.807) is 11.8 Å². The molecule has 0 saturated carbocycles. The van der Waals surface area contributed by atoms with E-state index in [9.17, 15) is 4.79 Å². The average Bonchev–Trinajstić information content (AvgIpc) is 2.96. The van der Waals surface area contributed by atoms with Crippen LogP contribution in [-0.4, -0.2) is 16.3 Å². The highest BCUT2D eigenvalue weighted by Crippen LogP contribution is 2.40. The minimum absolute atomic E-state index is 0.214. The fourth-order valence-electron chi connectivity index (χ4n) is 2.71. The summed E-state index contributed by atoms with van der Waals surface area (Å²) in [6.45, 7) is 2.08. The van der Waals surface area contributed by atoms with Crippen molar-refractivity contribution in [2.24, 2.45) is 0 Å². The van der Waals surface area contributed by atoms with E-state index in [1.807, 2.05) is 42.5 Å². The molecule has 1 aliphatic rings. The Bertz CT molecular complexity index is 595. The summed E-state index contributed by atoms with van der Waals surface area (Å²) in [5, 5.41) is 0. The summed E-state index contributed by atoms with van der Waals surface area (Å²) in [5.41, 5.74) is 3.18. The van der Waals surface area contributed by atoms with Crippen LogP contribution in [0.5, 0.6) is 0 Å². The highest BCUT2D eigenvalue weighted by atomic mass is 32.2. The van der Waals surface area contributed by atoms with Crippen LogP contribution in [0.1, 0.15) is 30.1 Å². The Labute approximate surface area is 124 Å². The van der Waals surface area contributed by atoms with Gasteiger partial charge in [-0.1, -0.05) is 54.6 Å². The lowest BCUT2D eigenvalue weighted by molar-refractivity contribution is 0.0949. The van der Waals surface area contributed by atoms with E-state index in [2.05, 4.69) is 19.1 Å². The van der Waals surface area contributed by atoms with E-state index in [1.165, 1.54) is 5.56 Å². The van der Waals surface area contributed by atoms with Crippen LogP contribution in [0.4, 0.5) is 0 Å². The van der Waals surface area contributed by atoms with E-state index in [0.717, 1.165) is 29.7 Å². The van der Waals surface area contributed by atoms with Crippen LogP contribution in [0, 0.1) is 0 Å². The lowest BCUT2D eigenvalue weighted by Crippen LogP contribution is -2.28. The van der Waals surface area contributed by atoms with Gasteiger partial charge in [0.1, 0.15) is 0 Å². The molecule has 1 unspecified atom stereocenters. The van der Waals surface area contributed by atoms with Crippen LogP contribution >= 0.6 is 11.8 Å². The highest BCUT2D eigenvalue weighted by Gasteiger charge is 2.37. The predicted octanol–water partition coefficient (Wildman–Crippen LogP) is 4.82. The van der Waals surface area contributed by atoms with E-state index in [0.29, 0.717) is 0 Å². The van der Waals surface area contributed by atoms with Gasteiger partial charge < -0.3 is 0 Å². The molecule has 1 atom stereocenters. The van der Waals surface area contributed by atoms with Crippen molar-refractivity contribution < 1.29 is 4.79 Å². The number of thioether (sulfide) groups is 1. The molecule has 1 nitrogen and oxygen atoms in total. The van der Waals surface area contributed by atoms with Gasteiger partial charge >= 0.3 is 0 Å². The molecule has 0 aliphatic carbocycles. The third-order valence-electron chi connectivity index (χ3n) is 3.95. The van der Waals surface area contributed by atoms with Crippen LogP contribution in [0.25, 0.3) is 11.1 Å². The minimum Gasteiger partial charge on any atom is -0.293 e. The topological polar surface area (TPSA) is 17.1 Å². The number of rotatable bonds is 3. The second-order valence-corrected chi connectivity index (χ2v) is 7.05. The second-order valence-electron chi connectivity index (χ2n) is 5.46. The van der Waals surface area contributed by atoms with Gasteiger partial charge in [-0.15, -0.1) is 11.8 Å². The summed E-state index contributed by atoms with van der Waals surface area (Å²) in [4.78, 5) is 12.6. The summed E-state index contributed by atoms with van der Waals surface area (Å²) in [5.74, 6) is 1.38. The van der Waals surface area contributed by atoms with Crippen LogP contribution in [0.2, 0.25) is 0 Å². The van der Waals surface area contributed by atoms with Gasteiger partial charge in [0.15, 0.2) is 5.78 Å². The van der Waals surface area contributed by atoms with Crippen molar-refractivity contribution in [3.8, 4) is 11.1 Å². The zero-order valence-electron chi connectivity index (χ0n) is 11.6. The Morgan fingerprint density at radius 3 is 2.25 bits per heavy atom. The van der Waals surface area contributed by atoms with Crippen molar-refractivity contribution >= 4 is 17.5 Å². The molecule has 1 fully saturated rings. The molecule has 3 rings (SSSR count). The van der Waals surface area contributed by atoms with E-state index < -0.39 is 0 Å². The number of benzene rings is 2. The monoisotopic (exact) mass is 282 g/mol. The molecule has 1 aliphatic heterocycles. The number of hydrogen-bond acceptors (Lipinski definition) is 2. The Morgan fingerprint density at radius 2 is 1.65 bits per heavy atom. The Kier molecular flexibility index (Phi) is 3.66. The zero-order chi connectivity index (χ0) is 14.0. The molecule has 2 aromatic rings. The van der Waals surface area contributed by atoms with Gasteiger partial charge in [-0.3, -0.25) is 4.79 Å². The molecule has 1 saturated heterocycles. The number of Topliss-reactive ketones (excluding diaryl/α,β-unsaturated/α-hetero) is 1. The number of hydrogen-bond donors (Lipinski definition) is 0. The van der Waals surface area contributed by atoms with Crippen LogP contribution in [-0.2, 0) is 0 Å². The van der Waals surface area contributed by atoms with Gasteiger partial charge in [0.25, 0.3) is 0 Å². The summed E-state index contributed by atoms with van der Waals surface area (Å²) >= 11 is 1.80. The smallest absolute Gasteiger partial charge is 0.178 e. The molecule has 0 spiro atoms. The van der Waals surface area contributed by atoms with Gasteiger partial charge in [-0.25, -0.2) is 0 Å². The molecule has 0 N–H and O–H groups in total. The fourth-order valence-corrected chi connectivity index (χ4v) is 3.98. The lowest BCUT2D eigenvalue weighted by atomic mass is 9.93. The van der Waals surface area contributed by atoms with Crippen LogP contribution in [0.3, 0.4) is 0 Å². The maximum absolute atomic E-state index is 12.6. The average molecular weight is 282 g/mol. The molecule has 2 heteroatoms. The van der Waals surface area contributed by atoms with E-state index in [-0.39, 0.29) is 10.5 Å². The quantitative estimate of drug-likeness (QED) is 0.751. The maximum atomic E-state index is 12.6. The lowest BCUT2D eigenvalue weighted by Gasteiger charge is -2.20. The molecule has 0 aromatic heterocycles. The Hall–Kier alpha value is -1.54. The Balaban J connectivity index is 1.85. The van der Waals surface area contributed by atoms with Crippen molar-refractivity contribution in [2.45, 2.75) is 24.5 Å². The SMILES string of the molecule is CC1(C(=O)c2ccc(-c3ccccc3)cc2)CCCS1. The Morgan fingerprint density at radius 1 is 1.00 bits per heavy atom. The van der Waals surface area contributed by atoms with Crippen LogP contribution in [0.15, 0.2) is 54.6 Å². The number of carbonyl (C=O) groups excluding carboxylic acids is 1. The summed E-state index contributed by atoms with van der Waals surface area (Å²) < 4.78 is -0.214. The molecular weight excluding hydrogens is 264 g/mol. The minimum atomic E-state index is -0.214. The van der Waals surface area contributed by atoms with Crippen molar-refractivity contribution in [1.29, 1.82) is 0 Å². The van der Waals surface area contributed by atoms with Crippen LogP contribution < -0.4 is 0 Å². The molecule has 20 heavy (non-hydrogen) atoms. The third-order valence-corrected chi connectivity index (χ3v) is 5.47. The van der Waals surface area contributed by atoms with Crippen molar-refractivity contribution in [2.75, 3.05) is 5.75 Å². The van der Waals surface area contributed by atoms with Gasteiger partial charge in [-0.05, 0) is 36.6 Å². The van der Waals surface area contributed by atoms with Crippen molar-refractivity contribution in [3.63, 3.8) is 0 Å². The standard InChI is InChI=1S/C18H18OS/c1-18(12-5-13-20-18)17(19)16-10-8-15(9-11-16)14-6-3-2-4-7-14/h2-4,6-11H,5,12-13H2,1H3. The van der Waals surface area contributed by atoms with E-state index >= 15 is 0 Å². The molecule has 1 heterocycles. The first-order valence-electron chi connectivity index (χ1n) is 7.03. The van der Waals surface area contributed by atoms with Gasteiger partial charge in [0.2, 0.25) is 0 Å². The second kappa shape index (κ2) is 5.45. The summed E-state index contributed by atoms with van der Waals surface area (Å²) in [6.07, 6.45) is 2.14. The summed E-state index contributed by atoms with van der Waals surface area (Å²) in [6, 6.07) is 18.3. The predicted molar refractivity (Wildman–Crippen MR) is 86.3 cm³/mol. The molecule has 0 bridgehead atoms. The first-order chi connectivity index (χ1) is 9.69. The van der Waals surface area contributed by atoms with Crippen molar-refractivity contribution in [3.05, 3.63) is 60.2 Å². The zero-order valence-corrected chi connectivity index (χ0v) is 12.5. The van der Waals surface area contributed by atoms with E-state index in [4.69, 9.17) is 0 Å². The molecule has 102 valence electrons. The number of carbonyl (C=O) groups is 1. The molecule has 0 radical (unpaired) electrons. The van der Waals surface area contributed by atoms with Gasteiger partial charge in [0, 0.05) is 5.56 Å². The van der Waals surface area contributed by atoms with Gasteiger partial charge in [0.05, 0.1) is 4.75 Å². The first-order valence-corrected chi connectivity index (χ1v) is 8.02. The fraction of sp³-hybridized carbons (Fsp3) is 0.278. The highest BCUT2D eigenvalue weighted by molar-refractivity contribution is 8.01. The third kappa shape index (κ3) is 2.53. The van der Waals surface area contributed by atoms with Crippen molar-refractivity contribution in [1.82, 2.24) is 0 Å². The largest absolute Gasteiger partial charge is 0.293 e. The molecular formula is C18H18OS. The molecule has 0 amide bonds. The van der Waals surface area contributed by atoms with Gasteiger partial charge in [-0.2, -0.15) is 0 Å². The summed E-state index contributed by atoms with van der Waals surface area (Å²) in [7, 11) is 0. The molecule has 2 aromatic carbocycles. The normalized spacial score (nSPS) is 21.9. The number of ketones is 1.